The highest BCUT2D eigenvalue weighted by Gasteiger charge is 2.23. The van der Waals surface area contributed by atoms with Gasteiger partial charge >= 0.3 is 0 Å². The zero-order valence-corrected chi connectivity index (χ0v) is 31.4. The third kappa shape index (κ3) is 4.97. The lowest BCUT2D eigenvalue weighted by Gasteiger charge is -2.25. The summed E-state index contributed by atoms with van der Waals surface area (Å²) in [6, 6.07) is 57.7. The van der Waals surface area contributed by atoms with E-state index in [9.17, 15) is 0 Å². The van der Waals surface area contributed by atoms with Gasteiger partial charge in [-0.15, -0.1) is 16.4 Å². The molecule has 0 N–H and O–H groups in total. The van der Waals surface area contributed by atoms with Crippen LogP contribution in [0.4, 0.5) is 0 Å². The van der Waals surface area contributed by atoms with Crippen LogP contribution in [0.15, 0.2) is 168 Å². The van der Waals surface area contributed by atoms with Gasteiger partial charge in [0.25, 0.3) is 0 Å². The Bertz CT molecular complexity index is 3370. The van der Waals surface area contributed by atoms with Gasteiger partial charge in [-0.1, -0.05) is 163 Å². The van der Waals surface area contributed by atoms with E-state index in [1.165, 1.54) is 32.7 Å². The molecular weight excluding hydrogens is 695 g/mol. The van der Waals surface area contributed by atoms with Gasteiger partial charge in [0.1, 0.15) is 50.4 Å². The minimum Gasteiger partial charge on any atom is -0.455 e. The first-order valence-corrected chi connectivity index (χ1v) is 19.3. The van der Waals surface area contributed by atoms with Crippen LogP contribution in [-0.4, -0.2) is 39.2 Å². The molecule has 11 rings (SSSR count). The van der Waals surface area contributed by atoms with E-state index in [-0.39, 0.29) is 16.4 Å². The zero-order chi connectivity index (χ0) is 39.2. The van der Waals surface area contributed by atoms with Gasteiger partial charge in [-0.2, -0.15) is 0 Å². The van der Waals surface area contributed by atoms with Crippen LogP contribution in [-0.2, 0) is 0 Å². The van der Waals surface area contributed by atoms with E-state index in [1.807, 2.05) is 24.3 Å². The van der Waals surface area contributed by atoms with Crippen molar-refractivity contribution in [2.75, 3.05) is 0 Å². The molecule has 10 aromatic carbocycles. The third-order valence-corrected chi connectivity index (χ3v) is 11.9. The molecule has 0 aliphatic heterocycles. The van der Waals surface area contributed by atoms with E-state index in [2.05, 4.69) is 140 Å². The summed E-state index contributed by atoms with van der Waals surface area (Å²) in [6.45, 7) is 0. The number of benzene rings is 10. The van der Waals surface area contributed by atoms with Gasteiger partial charge in [0.15, 0.2) is 0 Å². The fourth-order valence-corrected chi connectivity index (χ4v) is 9.31. The molecule has 1 aromatic heterocycles. The fraction of sp³-hybridized carbons (Fsp3) is 0. The van der Waals surface area contributed by atoms with E-state index >= 15 is 0 Å². The molecule has 1 nitrogen and oxygen atoms in total. The van der Waals surface area contributed by atoms with Crippen molar-refractivity contribution in [1.29, 1.82) is 0 Å². The third-order valence-electron chi connectivity index (χ3n) is 11.9. The molecule has 0 atom stereocenters. The van der Waals surface area contributed by atoms with Gasteiger partial charge in [0.05, 0.1) is 0 Å². The summed E-state index contributed by atoms with van der Waals surface area (Å²) in [5, 5.41) is 10.8. The molecule has 58 heavy (non-hydrogen) atoms. The van der Waals surface area contributed by atoms with E-state index in [4.69, 9.17) is 43.6 Å². The molecule has 0 saturated carbocycles. The highest BCUT2D eigenvalue weighted by Crippen LogP contribution is 2.48. The van der Waals surface area contributed by atoms with Crippen molar-refractivity contribution >= 4 is 132 Å². The predicted molar refractivity (Wildman–Crippen MR) is 252 cm³/mol. The lowest BCUT2D eigenvalue weighted by atomic mass is 9.59. The molecule has 0 aliphatic carbocycles. The number of fused-ring (bicyclic) bond motifs is 7. The van der Waals surface area contributed by atoms with E-state index in [1.54, 1.807) is 0 Å². The largest absolute Gasteiger partial charge is 0.455 e. The maximum absolute atomic E-state index is 7.03. The Kier molecular flexibility index (Phi) is 7.88. The van der Waals surface area contributed by atoms with Gasteiger partial charge in [0, 0.05) is 21.9 Å². The monoisotopic (exact) mass is 722 g/mol. The minimum atomic E-state index is 0.192. The molecule has 0 unspecified atom stereocenters. The zero-order valence-electron chi connectivity index (χ0n) is 31.4. The van der Waals surface area contributed by atoms with Crippen LogP contribution in [0.25, 0.3) is 110 Å². The topological polar surface area (TPSA) is 13.1 Å². The lowest BCUT2D eigenvalue weighted by molar-refractivity contribution is 0.670. The van der Waals surface area contributed by atoms with Gasteiger partial charge in [-0.3, -0.25) is 0 Å². The quantitative estimate of drug-likeness (QED) is 0.131. The first-order chi connectivity index (χ1) is 28.4. The Balaban J connectivity index is 1.17. The van der Waals surface area contributed by atoms with Crippen LogP contribution in [0.2, 0.25) is 0 Å². The van der Waals surface area contributed by atoms with Crippen molar-refractivity contribution in [3.63, 3.8) is 0 Å². The predicted octanol–water partition coefficient (Wildman–Crippen LogP) is 8.84. The number of hydrogen-bond donors (Lipinski definition) is 0. The number of para-hydroxylation sites is 1. The van der Waals surface area contributed by atoms with Gasteiger partial charge in [-0.25, -0.2) is 0 Å². The second kappa shape index (κ2) is 13.2. The molecule has 256 valence electrons. The maximum Gasteiger partial charge on any atom is 0.143 e. The van der Waals surface area contributed by atoms with Crippen molar-refractivity contribution in [2.45, 2.75) is 0 Å². The Morgan fingerprint density at radius 1 is 0.276 bits per heavy atom. The molecule has 10 radical (unpaired) electrons. The Morgan fingerprint density at radius 2 is 0.690 bits per heavy atom. The Hall–Kier alpha value is -6.64. The van der Waals surface area contributed by atoms with Crippen molar-refractivity contribution in [3.8, 4) is 44.5 Å². The Labute approximate surface area is 342 Å². The highest BCUT2D eigenvalue weighted by molar-refractivity contribution is 6.69. The van der Waals surface area contributed by atoms with Crippen molar-refractivity contribution in [1.82, 2.24) is 0 Å². The molecule has 6 heteroatoms. The second-order valence-corrected chi connectivity index (χ2v) is 15.0. The summed E-state index contributed by atoms with van der Waals surface area (Å²) >= 11 is 0. The molecule has 0 aliphatic rings. The second-order valence-electron chi connectivity index (χ2n) is 15.0. The summed E-state index contributed by atoms with van der Waals surface area (Å²) in [4.78, 5) is 0. The van der Waals surface area contributed by atoms with Crippen LogP contribution in [0.1, 0.15) is 0 Å². The van der Waals surface area contributed by atoms with Crippen LogP contribution >= 0.6 is 0 Å². The van der Waals surface area contributed by atoms with E-state index in [0.29, 0.717) is 16.5 Å². The summed E-state index contributed by atoms with van der Waals surface area (Å²) < 4.78 is 7.03. The SMILES string of the molecule is [B]c1c([B])c([B])c(-c2c3ccccc3c(-c3ccc4c(c3)oc3c(-c5c6ccccc6c(-c6ccccc6)c6ccccc56)cccc34)c3ccccc23)c([B])c1[B]. The van der Waals surface area contributed by atoms with Crippen molar-refractivity contribution in [2.24, 2.45) is 0 Å². The molecule has 0 spiro atoms. The molecular formula is C52H27B5O. The van der Waals surface area contributed by atoms with Crippen LogP contribution in [0, 0.1) is 0 Å². The van der Waals surface area contributed by atoms with Crippen LogP contribution in [0.3, 0.4) is 0 Å². The smallest absolute Gasteiger partial charge is 0.143 e. The summed E-state index contributed by atoms with van der Waals surface area (Å²) in [6.07, 6.45) is 0. The summed E-state index contributed by atoms with van der Waals surface area (Å²) in [5.41, 5.74) is 11.1. The van der Waals surface area contributed by atoms with Gasteiger partial charge in [0.2, 0.25) is 0 Å². The van der Waals surface area contributed by atoms with Crippen LogP contribution in [0.5, 0.6) is 0 Å². The highest BCUT2D eigenvalue weighted by atomic mass is 16.3. The van der Waals surface area contributed by atoms with Crippen LogP contribution < -0.4 is 27.3 Å². The summed E-state index contributed by atoms with van der Waals surface area (Å²) in [7, 11) is 32.5. The number of furan rings is 1. The normalized spacial score (nSPS) is 11.8. The average molecular weight is 722 g/mol. The Morgan fingerprint density at radius 3 is 1.21 bits per heavy atom. The van der Waals surface area contributed by atoms with E-state index in [0.717, 1.165) is 71.3 Å². The number of rotatable bonds is 4. The maximum atomic E-state index is 7.03. The van der Waals surface area contributed by atoms with Gasteiger partial charge in [-0.05, 0) is 88.6 Å². The molecule has 11 aromatic rings. The molecule has 0 saturated heterocycles. The summed E-state index contributed by atoms with van der Waals surface area (Å²) in [5.74, 6) is 0. The van der Waals surface area contributed by atoms with Crippen molar-refractivity contribution in [3.05, 3.63) is 164 Å². The first-order valence-electron chi connectivity index (χ1n) is 19.3. The fourth-order valence-electron chi connectivity index (χ4n) is 9.31. The molecule has 0 bridgehead atoms. The molecule has 0 amide bonds. The van der Waals surface area contributed by atoms with Gasteiger partial charge < -0.3 is 4.42 Å². The standard InChI is InChI=1S/C52H27B5O/c53-47-46(48(54)50(56)51(57)49(47)55)45-37-21-10-6-17-33(37)43(34-18-7-11-22-38(34)45)29-25-26-30-39-23-12-24-40(52(39)58-41(30)27-29)44-35-19-8-4-15-31(35)42(28-13-2-1-3-14-28)32-16-5-9-20-36(32)44/h1-27H. The minimum absolute atomic E-state index is 0.192. The molecule has 0 fully saturated rings. The average Bonchev–Trinajstić information content (AvgIpc) is 3.65. The first kappa shape index (κ1) is 34.6. The van der Waals surface area contributed by atoms with Crippen molar-refractivity contribution < 1.29 is 4.42 Å². The molecule has 1 heterocycles. The number of hydrogen-bond acceptors (Lipinski definition) is 1. The lowest BCUT2D eigenvalue weighted by Crippen LogP contribution is -2.55. The van der Waals surface area contributed by atoms with E-state index < -0.39 is 0 Å².